The van der Waals surface area contributed by atoms with E-state index in [0.717, 1.165) is 0 Å². The van der Waals surface area contributed by atoms with Crippen LogP contribution in [0.3, 0.4) is 0 Å². The van der Waals surface area contributed by atoms with Gasteiger partial charge in [0.15, 0.2) is 5.58 Å². The van der Waals surface area contributed by atoms with Gasteiger partial charge < -0.3 is 14.8 Å². The van der Waals surface area contributed by atoms with E-state index < -0.39 is 24.2 Å². The number of carbonyl (C=O) groups excluding carboxylic acids is 1. The van der Waals surface area contributed by atoms with Gasteiger partial charge >= 0.3 is 11.7 Å². The van der Waals surface area contributed by atoms with Crippen molar-refractivity contribution in [2.75, 3.05) is 6.54 Å². The molecule has 2 aromatic rings. The van der Waals surface area contributed by atoms with E-state index in [9.17, 15) is 14.4 Å². The highest BCUT2D eigenvalue weighted by molar-refractivity contribution is 5.84. The monoisotopic (exact) mass is 264 g/mol. The molecule has 100 valence electrons. The Balaban J connectivity index is 2.15. The molecule has 0 saturated heterocycles. The van der Waals surface area contributed by atoms with Gasteiger partial charge in [-0.15, -0.1) is 0 Å². The summed E-state index contributed by atoms with van der Waals surface area (Å²) in [5.74, 6) is -1.97. The lowest BCUT2D eigenvalue weighted by Crippen LogP contribution is -2.30. The smallest absolute Gasteiger partial charge is 0.419 e. The highest BCUT2D eigenvalue weighted by Crippen LogP contribution is 2.14. The molecule has 7 nitrogen and oxygen atoms in total. The molecule has 0 aliphatic carbocycles. The van der Waals surface area contributed by atoms with E-state index in [-0.39, 0.29) is 6.42 Å². The minimum absolute atomic E-state index is 0.0296. The maximum atomic E-state index is 11.5. The standard InChI is InChI=1S/C12H12N2O5/c1-14-8-3-2-7(4-9(8)19-12(14)18)5-10(15)13-6-11(16)17/h2-4H,5-6H2,1H3,(H,13,15)(H,16,17). The summed E-state index contributed by atoms with van der Waals surface area (Å²) in [4.78, 5) is 33.1. The van der Waals surface area contributed by atoms with E-state index in [1.54, 1.807) is 25.2 Å². The quantitative estimate of drug-likeness (QED) is 0.801. The topological polar surface area (TPSA) is 102 Å². The minimum Gasteiger partial charge on any atom is -0.480 e. The summed E-state index contributed by atoms with van der Waals surface area (Å²) in [6, 6.07) is 4.97. The molecule has 0 atom stereocenters. The Morgan fingerprint density at radius 1 is 1.42 bits per heavy atom. The van der Waals surface area contributed by atoms with Crippen LogP contribution < -0.4 is 11.1 Å². The average Bonchev–Trinajstić information content (AvgIpc) is 2.62. The van der Waals surface area contributed by atoms with Crippen molar-refractivity contribution in [2.24, 2.45) is 7.05 Å². The first-order chi connectivity index (χ1) is 8.97. The van der Waals surface area contributed by atoms with Crippen molar-refractivity contribution in [3.05, 3.63) is 34.3 Å². The number of hydrogen-bond acceptors (Lipinski definition) is 4. The third kappa shape index (κ3) is 2.82. The third-order valence-corrected chi connectivity index (χ3v) is 2.66. The number of carboxylic acids is 1. The number of aliphatic carboxylic acids is 1. The molecule has 1 aromatic carbocycles. The van der Waals surface area contributed by atoms with Crippen LogP contribution in [0.1, 0.15) is 5.56 Å². The van der Waals surface area contributed by atoms with Crippen molar-refractivity contribution < 1.29 is 19.1 Å². The second-order valence-corrected chi connectivity index (χ2v) is 4.08. The van der Waals surface area contributed by atoms with Crippen molar-refractivity contribution in [1.82, 2.24) is 9.88 Å². The zero-order valence-corrected chi connectivity index (χ0v) is 10.2. The van der Waals surface area contributed by atoms with Crippen molar-refractivity contribution >= 4 is 23.0 Å². The van der Waals surface area contributed by atoms with Crippen molar-refractivity contribution in [3.63, 3.8) is 0 Å². The van der Waals surface area contributed by atoms with Gasteiger partial charge in [-0.25, -0.2) is 4.79 Å². The Bertz CT molecular complexity index is 698. The van der Waals surface area contributed by atoms with Gasteiger partial charge in [0, 0.05) is 7.05 Å². The lowest BCUT2D eigenvalue weighted by atomic mass is 10.1. The Hall–Kier alpha value is -2.57. The van der Waals surface area contributed by atoms with E-state index in [1.807, 2.05) is 0 Å². The number of hydrogen-bond donors (Lipinski definition) is 2. The predicted octanol–water partition coefficient (Wildman–Crippen LogP) is -0.125. The van der Waals surface area contributed by atoms with Crippen molar-refractivity contribution in [1.29, 1.82) is 0 Å². The van der Waals surface area contributed by atoms with Crippen LogP contribution in [0.25, 0.3) is 11.1 Å². The fourth-order valence-corrected chi connectivity index (χ4v) is 1.71. The molecule has 0 bridgehead atoms. The first-order valence-corrected chi connectivity index (χ1v) is 5.54. The fourth-order valence-electron chi connectivity index (χ4n) is 1.71. The number of amides is 1. The molecule has 0 aliphatic rings. The Labute approximate surface area is 107 Å². The zero-order valence-electron chi connectivity index (χ0n) is 10.2. The molecule has 7 heteroatoms. The number of fused-ring (bicyclic) bond motifs is 1. The molecule has 1 amide bonds. The molecule has 0 aliphatic heterocycles. The van der Waals surface area contributed by atoms with Gasteiger partial charge in [0.2, 0.25) is 5.91 Å². The number of benzene rings is 1. The van der Waals surface area contributed by atoms with Crippen LogP contribution in [0, 0.1) is 0 Å². The molecule has 19 heavy (non-hydrogen) atoms. The summed E-state index contributed by atoms with van der Waals surface area (Å²) < 4.78 is 6.37. The van der Waals surface area contributed by atoms with Crippen LogP contribution in [-0.2, 0) is 23.1 Å². The van der Waals surface area contributed by atoms with E-state index in [0.29, 0.717) is 16.7 Å². The van der Waals surface area contributed by atoms with Gasteiger partial charge in [0.05, 0.1) is 11.9 Å². The third-order valence-electron chi connectivity index (χ3n) is 2.66. The molecule has 1 aromatic heterocycles. The molecule has 0 radical (unpaired) electrons. The summed E-state index contributed by atoms with van der Waals surface area (Å²) in [6.45, 7) is -0.415. The number of aromatic nitrogens is 1. The summed E-state index contributed by atoms with van der Waals surface area (Å²) in [6.07, 6.45) is 0.0296. The number of carboxylic acid groups (broad SMARTS) is 1. The van der Waals surface area contributed by atoms with Crippen molar-refractivity contribution in [2.45, 2.75) is 6.42 Å². The molecule has 2 N–H and O–H groups in total. The van der Waals surface area contributed by atoms with Crippen LogP contribution in [0.5, 0.6) is 0 Å². The molecule has 0 spiro atoms. The molecular weight excluding hydrogens is 252 g/mol. The highest BCUT2D eigenvalue weighted by atomic mass is 16.4. The summed E-state index contributed by atoms with van der Waals surface area (Å²) >= 11 is 0. The molecule has 1 heterocycles. The molecule has 0 saturated carbocycles. The predicted molar refractivity (Wildman–Crippen MR) is 65.8 cm³/mol. The molecule has 2 rings (SSSR count). The van der Waals surface area contributed by atoms with Gasteiger partial charge in [-0.2, -0.15) is 0 Å². The number of carbonyl (C=O) groups is 2. The van der Waals surface area contributed by atoms with Crippen molar-refractivity contribution in [3.8, 4) is 0 Å². The van der Waals surface area contributed by atoms with E-state index >= 15 is 0 Å². The number of oxazole rings is 1. The van der Waals surface area contributed by atoms with Crippen LogP contribution >= 0.6 is 0 Å². The molecule has 0 unspecified atom stereocenters. The number of nitrogens with zero attached hydrogens (tertiary/aromatic N) is 1. The average molecular weight is 264 g/mol. The van der Waals surface area contributed by atoms with Gasteiger partial charge in [-0.1, -0.05) is 6.07 Å². The lowest BCUT2D eigenvalue weighted by Gasteiger charge is -2.02. The Kier molecular flexibility index (Phi) is 3.37. The van der Waals surface area contributed by atoms with Gasteiger partial charge in [0.25, 0.3) is 0 Å². The van der Waals surface area contributed by atoms with Crippen LogP contribution in [0.2, 0.25) is 0 Å². The number of nitrogens with one attached hydrogen (secondary N) is 1. The Morgan fingerprint density at radius 3 is 2.84 bits per heavy atom. The lowest BCUT2D eigenvalue weighted by molar-refractivity contribution is -0.137. The minimum atomic E-state index is -1.10. The number of rotatable bonds is 4. The second-order valence-electron chi connectivity index (χ2n) is 4.08. The summed E-state index contributed by atoms with van der Waals surface area (Å²) in [7, 11) is 1.59. The van der Waals surface area contributed by atoms with Gasteiger partial charge in [0.1, 0.15) is 6.54 Å². The molecule has 0 fully saturated rings. The summed E-state index contributed by atoms with van der Waals surface area (Å²) in [5.41, 5.74) is 1.68. The SMILES string of the molecule is Cn1c(=O)oc2cc(CC(=O)NCC(=O)O)ccc21. The van der Waals surface area contributed by atoms with E-state index in [4.69, 9.17) is 9.52 Å². The Morgan fingerprint density at radius 2 is 2.16 bits per heavy atom. The number of aryl methyl sites for hydroxylation is 1. The normalized spacial score (nSPS) is 10.6. The zero-order chi connectivity index (χ0) is 14.0. The van der Waals surface area contributed by atoms with Gasteiger partial charge in [-0.05, 0) is 17.7 Å². The first kappa shape index (κ1) is 12.9. The maximum absolute atomic E-state index is 11.5. The van der Waals surface area contributed by atoms with Crippen LogP contribution in [0.15, 0.2) is 27.4 Å². The van der Waals surface area contributed by atoms with Crippen LogP contribution in [-0.4, -0.2) is 28.1 Å². The van der Waals surface area contributed by atoms with Gasteiger partial charge in [-0.3, -0.25) is 14.2 Å². The van der Waals surface area contributed by atoms with Crippen LogP contribution in [0.4, 0.5) is 0 Å². The highest BCUT2D eigenvalue weighted by Gasteiger charge is 2.09. The van der Waals surface area contributed by atoms with E-state index in [1.165, 1.54) is 4.57 Å². The first-order valence-electron chi connectivity index (χ1n) is 5.54. The second kappa shape index (κ2) is 4.97. The summed E-state index contributed by atoms with van der Waals surface area (Å²) in [5, 5.41) is 10.7. The van der Waals surface area contributed by atoms with E-state index in [2.05, 4.69) is 5.32 Å². The largest absolute Gasteiger partial charge is 0.480 e. The maximum Gasteiger partial charge on any atom is 0.419 e. The molecular formula is C12H12N2O5. The fraction of sp³-hybridized carbons (Fsp3) is 0.250.